The minimum Gasteiger partial charge on any atom is -0.317 e. The lowest BCUT2D eigenvalue weighted by molar-refractivity contribution is 0.590. The van der Waals surface area contributed by atoms with Gasteiger partial charge in [-0.3, -0.25) is 4.72 Å². The summed E-state index contributed by atoms with van der Waals surface area (Å²) in [5.41, 5.74) is 1.90. The highest BCUT2D eigenvalue weighted by Crippen LogP contribution is 2.23. The number of sulfonamides is 1. The molecule has 2 N–H and O–H groups in total. The number of anilines is 1. The van der Waals surface area contributed by atoms with Crippen LogP contribution in [0.15, 0.2) is 24.3 Å². The van der Waals surface area contributed by atoms with Gasteiger partial charge in [0.25, 0.3) is 0 Å². The SMILES string of the molecule is CCNCCCCS(=O)(=O)Nc1ccc(C(C)(C)C)cc1. The predicted octanol–water partition coefficient (Wildman–Crippen LogP) is 3.12. The van der Waals surface area contributed by atoms with Crippen molar-refractivity contribution in [2.75, 3.05) is 23.6 Å². The Balaban J connectivity index is 2.51. The fourth-order valence-corrected chi connectivity index (χ4v) is 3.17. The average molecular weight is 312 g/mol. The Morgan fingerprint density at radius 3 is 2.19 bits per heavy atom. The lowest BCUT2D eigenvalue weighted by Gasteiger charge is -2.19. The minimum absolute atomic E-state index is 0.0731. The average Bonchev–Trinajstić information content (AvgIpc) is 2.37. The molecule has 21 heavy (non-hydrogen) atoms. The van der Waals surface area contributed by atoms with E-state index in [2.05, 4.69) is 30.8 Å². The number of hydrogen-bond acceptors (Lipinski definition) is 3. The van der Waals surface area contributed by atoms with E-state index in [0.717, 1.165) is 19.5 Å². The molecule has 0 atom stereocenters. The van der Waals surface area contributed by atoms with Crippen molar-refractivity contribution in [3.05, 3.63) is 29.8 Å². The molecule has 0 radical (unpaired) electrons. The molecule has 5 heteroatoms. The molecule has 1 aromatic rings. The van der Waals surface area contributed by atoms with E-state index in [-0.39, 0.29) is 11.2 Å². The molecule has 0 spiro atoms. The van der Waals surface area contributed by atoms with Crippen LogP contribution in [0, 0.1) is 0 Å². The van der Waals surface area contributed by atoms with Crippen molar-refractivity contribution < 1.29 is 8.42 Å². The van der Waals surface area contributed by atoms with Gasteiger partial charge in [-0.25, -0.2) is 8.42 Å². The van der Waals surface area contributed by atoms with E-state index in [4.69, 9.17) is 0 Å². The quantitative estimate of drug-likeness (QED) is 0.725. The van der Waals surface area contributed by atoms with Crippen molar-refractivity contribution in [3.63, 3.8) is 0 Å². The molecule has 0 heterocycles. The van der Waals surface area contributed by atoms with Gasteiger partial charge in [-0.05, 0) is 49.0 Å². The highest BCUT2D eigenvalue weighted by Gasteiger charge is 2.14. The molecule has 0 aromatic heterocycles. The van der Waals surface area contributed by atoms with Gasteiger partial charge in [0.2, 0.25) is 10.0 Å². The normalized spacial score (nSPS) is 12.4. The second kappa shape index (κ2) is 7.80. The van der Waals surface area contributed by atoms with E-state index >= 15 is 0 Å². The van der Waals surface area contributed by atoms with Crippen molar-refractivity contribution in [3.8, 4) is 0 Å². The highest BCUT2D eigenvalue weighted by atomic mass is 32.2. The van der Waals surface area contributed by atoms with Crippen LogP contribution < -0.4 is 10.0 Å². The summed E-state index contributed by atoms with van der Waals surface area (Å²) in [6, 6.07) is 7.61. The van der Waals surface area contributed by atoms with E-state index in [1.807, 2.05) is 31.2 Å². The predicted molar refractivity (Wildman–Crippen MR) is 90.3 cm³/mol. The fourth-order valence-electron chi connectivity index (χ4n) is 1.99. The van der Waals surface area contributed by atoms with Gasteiger partial charge >= 0.3 is 0 Å². The zero-order chi connectivity index (χ0) is 15.9. The van der Waals surface area contributed by atoms with Crippen LogP contribution in [0.4, 0.5) is 5.69 Å². The van der Waals surface area contributed by atoms with Gasteiger partial charge in [-0.15, -0.1) is 0 Å². The van der Waals surface area contributed by atoms with Gasteiger partial charge in [0, 0.05) is 5.69 Å². The molecule has 120 valence electrons. The Bertz CT molecular complexity index is 516. The van der Waals surface area contributed by atoms with E-state index in [9.17, 15) is 8.42 Å². The van der Waals surface area contributed by atoms with Crippen LogP contribution >= 0.6 is 0 Å². The summed E-state index contributed by atoms with van der Waals surface area (Å²) in [7, 11) is -3.25. The number of nitrogens with one attached hydrogen (secondary N) is 2. The largest absolute Gasteiger partial charge is 0.317 e. The highest BCUT2D eigenvalue weighted by molar-refractivity contribution is 7.92. The van der Waals surface area contributed by atoms with Gasteiger partial charge in [-0.1, -0.05) is 39.8 Å². The molecular weight excluding hydrogens is 284 g/mol. The van der Waals surface area contributed by atoms with Gasteiger partial charge in [0.15, 0.2) is 0 Å². The third-order valence-corrected chi connectivity index (χ3v) is 4.66. The minimum atomic E-state index is -3.25. The van der Waals surface area contributed by atoms with Crippen LogP contribution in [0.1, 0.15) is 46.1 Å². The molecule has 0 saturated carbocycles. The molecular formula is C16H28N2O2S. The van der Waals surface area contributed by atoms with Crippen molar-refractivity contribution in [2.45, 2.75) is 46.0 Å². The summed E-state index contributed by atoms with van der Waals surface area (Å²) >= 11 is 0. The molecule has 0 aliphatic rings. The summed E-state index contributed by atoms with van der Waals surface area (Å²) in [5.74, 6) is 0.166. The monoisotopic (exact) mass is 312 g/mol. The number of benzene rings is 1. The zero-order valence-corrected chi connectivity index (χ0v) is 14.4. The first kappa shape index (κ1) is 18.0. The first-order valence-corrected chi connectivity index (χ1v) is 9.21. The van der Waals surface area contributed by atoms with Gasteiger partial charge in [-0.2, -0.15) is 0 Å². The summed E-state index contributed by atoms with van der Waals surface area (Å²) in [4.78, 5) is 0. The van der Waals surface area contributed by atoms with E-state index < -0.39 is 10.0 Å². The van der Waals surface area contributed by atoms with Crippen LogP contribution in [0.25, 0.3) is 0 Å². The first-order chi connectivity index (χ1) is 9.74. The Hall–Kier alpha value is -1.07. The topological polar surface area (TPSA) is 58.2 Å². The number of hydrogen-bond donors (Lipinski definition) is 2. The zero-order valence-electron chi connectivity index (χ0n) is 13.6. The second-order valence-electron chi connectivity index (χ2n) is 6.31. The lowest BCUT2D eigenvalue weighted by Crippen LogP contribution is -2.19. The summed E-state index contributed by atoms with van der Waals surface area (Å²) in [6.07, 6.45) is 1.54. The standard InChI is InChI=1S/C16H28N2O2S/c1-5-17-12-6-7-13-21(19,20)18-15-10-8-14(9-11-15)16(2,3)4/h8-11,17-18H,5-7,12-13H2,1-4H3. The molecule has 1 rings (SSSR count). The Labute approximate surface area is 129 Å². The Morgan fingerprint density at radius 1 is 1.05 bits per heavy atom. The lowest BCUT2D eigenvalue weighted by atomic mass is 9.87. The van der Waals surface area contributed by atoms with Crippen LogP contribution in [-0.2, 0) is 15.4 Å². The molecule has 4 nitrogen and oxygen atoms in total. The maximum atomic E-state index is 12.0. The Morgan fingerprint density at radius 2 is 1.67 bits per heavy atom. The van der Waals surface area contributed by atoms with Crippen LogP contribution in [-0.4, -0.2) is 27.3 Å². The molecule has 0 fully saturated rings. The maximum absolute atomic E-state index is 12.0. The summed E-state index contributed by atoms with van der Waals surface area (Å²) < 4.78 is 26.6. The summed E-state index contributed by atoms with van der Waals surface area (Å²) in [5, 5.41) is 3.19. The third kappa shape index (κ3) is 6.96. The molecule has 0 saturated heterocycles. The van der Waals surface area contributed by atoms with E-state index in [1.54, 1.807) is 0 Å². The van der Waals surface area contributed by atoms with Crippen LogP contribution in [0.5, 0.6) is 0 Å². The summed E-state index contributed by atoms with van der Waals surface area (Å²) in [6.45, 7) is 10.2. The van der Waals surface area contributed by atoms with Crippen molar-refractivity contribution in [2.24, 2.45) is 0 Å². The van der Waals surface area contributed by atoms with E-state index in [1.165, 1.54) is 5.56 Å². The molecule has 0 unspecified atom stereocenters. The van der Waals surface area contributed by atoms with Gasteiger partial charge < -0.3 is 5.32 Å². The van der Waals surface area contributed by atoms with Gasteiger partial charge in [0.1, 0.15) is 0 Å². The van der Waals surface area contributed by atoms with Crippen molar-refractivity contribution in [1.29, 1.82) is 0 Å². The molecule has 0 aliphatic heterocycles. The second-order valence-corrected chi connectivity index (χ2v) is 8.15. The smallest absolute Gasteiger partial charge is 0.232 e. The maximum Gasteiger partial charge on any atom is 0.232 e. The van der Waals surface area contributed by atoms with Gasteiger partial charge in [0.05, 0.1) is 5.75 Å². The molecule has 0 amide bonds. The van der Waals surface area contributed by atoms with Crippen molar-refractivity contribution in [1.82, 2.24) is 5.32 Å². The Kier molecular flexibility index (Phi) is 6.68. The van der Waals surface area contributed by atoms with E-state index in [0.29, 0.717) is 12.1 Å². The first-order valence-electron chi connectivity index (χ1n) is 7.56. The fraction of sp³-hybridized carbons (Fsp3) is 0.625. The number of unbranched alkanes of at least 4 members (excludes halogenated alkanes) is 1. The molecule has 1 aromatic carbocycles. The van der Waals surface area contributed by atoms with Crippen molar-refractivity contribution >= 4 is 15.7 Å². The molecule has 0 aliphatic carbocycles. The van der Waals surface area contributed by atoms with Crippen LogP contribution in [0.3, 0.4) is 0 Å². The third-order valence-electron chi connectivity index (χ3n) is 3.29. The molecule has 0 bridgehead atoms. The number of rotatable bonds is 8. The van der Waals surface area contributed by atoms with Crippen LogP contribution in [0.2, 0.25) is 0 Å².